The van der Waals surface area contributed by atoms with Crippen LogP contribution in [0.1, 0.15) is 19.5 Å². The van der Waals surface area contributed by atoms with Crippen molar-refractivity contribution in [1.82, 2.24) is 9.97 Å². The Morgan fingerprint density at radius 2 is 2.17 bits per heavy atom. The van der Waals surface area contributed by atoms with Crippen LogP contribution >= 0.6 is 11.3 Å². The molecule has 2 aromatic heterocycles. The van der Waals surface area contributed by atoms with Crippen LogP contribution in [0.4, 0.5) is 5.82 Å². The number of hydrogen-bond acceptors (Lipinski definition) is 7. The third-order valence-corrected chi connectivity index (χ3v) is 4.31. The van der Waals surface area contributed by atoms with Crippen molar-refractivity contribution in [2.45, 2.75) is 26.6 Å². The molecule has 2 amide bonds. The smallest absolute Gasteiger partial charge is 0.240 e. The van der Waals surface area contributed by atoms with Gasteiger partial charge in [0.05, 0.1) is 24.3 Å². The van der Waals surface area contributed by atoms with Crippen molar-refractivity contribution < 1.29 is 19.8 Å². The molecule has 0 aliphatic heterocycles. The standard InChI is InChI=1S/C15H17N3O4S/c1-9(10(2)21)15(22)18(8-20)13-7-23-14(17-13)11-3-4-12(6-19)16-5-11/h3-5,7-10,19,21H,6H2,1-2H3. The highest BCUT2D eigenvalue weighted by Gasteiger charge is 2.26. The van der Waals surface area contributed by atoms with Crippen molar-refractivity contribution in [3.8, 4) is 10.6 Å². The van der Waals surface area contributed by atoms with E-state index >= 15 is 0 Å². The lowest BCUT2D eigenvalue weighted by atomic mass is 10.1. The van der Waals surface area contributed by atoms with E-state index in [0.717, 1.165) is 10.5 Å². The second kappa shape index (κ2) is 7.40. The number of carbonyl (C=O) groups excluding carboxylic acids is 2. The quantitative estimate of drug-likeness (QED) is 0.769. The van der Waals surface area contributed by atoms with Gasteiger partial charge in [0.15, 0.2) is 5.82 Å². The van der Waals surface area contributed by atoms with Crippen molar-refractivity contribution in [2.24, 2.45) is 5.92 Å². The highest BCUT2D eigenvalue weighted by molar-refractivity contribution is 7.13. The number of aliphatic hydroxyl groups excluding tert-OH is 2. The maximum atomic E-state index is 12.2. The van der Waals surface area contributed by atoms with Crippen LogP contribution in [0.3, 0.4) is 0 Å². The minimum Gasteiger partial charge on any atom is -0.393 e. The van der Waals surface area contributed by atoms with E-state index in [2.05, 4.69) is 9.97 Å². The molecule has 23 heavy (non-hydrogen) atoms. The maximum absolute atomic E-state index is 12.2. The molecule has 0 spiro atoms. The third kappa shape index (κ3) is 3.79. The van der Waals surface area contributed by atoms with Crippen LogP contribution in [0.2, 0.25) is 0 Å². The number of amides is 2. The number of rotatable bonds is 6. The SMILES string of the molecule is CC(O)C(C)C(=O)N(C=O)c1csc(-c2ccc(CO)nc2)n1. The average Bonchev–Trinajstić information content (AvgIpc) is 3.04. The third-order valence-electron chi connectivity index (χ3n) is 3.43. The van der Waals surface area contributed by atoms with Gasteiger partial charge in [-0.1, -0.05) is 6.92 Å². The number of aromatic nitrogens is 2. The van der Waals surface area contributed by atoms with Crippen LogP contribution < -0.4 is 4.90 Å². The Bertz CT molecular complexity index is 684. The molecule has 2 aromatic rings. The summed E-state index contributed by atoms with van der Waals surface area (Å²) >= 11 is 1.27. The first-order chi connectivity index (χ1) is 11.0. The zero-order chi connectivity index (χ0) is 17.0. The average molecular weight is 335 g/mol. The van der Waals surface area contributed by atoms with Gasteiger partial charge in [-0.3, -0.25) is 14.6 Å². The Kier molecular flexibility index (Phi) is 5.54. The van der Waals surface area contributed by atoms with E-state index in [0.29, 0.717) is 17.1 Å². The molecule has 2 rings (SSSR count). The second-order valence-corrected chi connectivity index (χ2v) is 5.91. The number of aliphatic hydroxyl groups is 2. The Hall–Kier alpha value is -2.16. The molecule has 8 heteroatoms. The number of imide groups is 1. The van der Waals surface area contributed by atoms with Crippen molar-refractivity contribution in [3.63, 3.8) is 0 Å². The molecule has 0 radical (unpaired) electrons. The number of thiazole rings is 1. The summed E-state index contributed by atoms with van der Waals surface area (Å²) in [6.45, 7) is 2.90. The molecule has 122 valence electrons. The lowest BCUT2D eigenvalue weighted by Crippen LogP contribution is -2.38. The van der Waals surface area contributed by atoms with E-state index in [-0.39, 0.29) is 12.4 Å². The number of anilines is 1. The second-order valence-electron chi connectivity index (χ2n) is 5.05. The van der Waals surface area contributed by atoms with Crippen LogP contribution in [0.5, 0.6) is 0 Å². The molecule has 2 N–H and O–H groups in total. The summed E-state index contributed by atoms with van der Waals surface area (Å²) in [5, 5.41) is 20.7. The number of hydrogen-bond donors (Lipinski definition) is 2. The van der Waals surface area contributed by atoms with Gasteiger partial charge in [-0.05, 0) is 19.1 Å². The molecule has 2 heterocycles. The minimum atomic E-state index is -0.863. The lowest BCUT2D eigenvalue weighted by molar-refractivity contribution is -0.127. The van der Waals surface area contributed by atoms with Crippen molar-refractivity contribution in [1.29, 1.82) is 0 Å². The first-order valence-electron chi connectivity index (χ1n) is 6.96. The Labute approximate surface area is 137 Å². The summed E-state index contributed by atoms with van der Waals surface area (Å²) in [4.78, 5) is 32.7. The predicted molar refractivity (Wildman–Crippen MR) is 85.7 cm³/mol. The molecule has 0 aliphatic rings. The van der Waals surface area contributed by atoms with Crippen LogP contribution in [0, 0.1) is 5.92 Å². The highest BCUT2D eigenvalue weighted by atomic mass is 32.1. The summed E-state index contributed by atoms with van der Waals surface area (Å²) in [5.74, 6) is -1.01. The molecule has 7 nitrogen and oxygen atoms in total. The fourth-order valence-electron chi connectivity index (χ4n) is 1.80. The summed E-state index contributed by atoms with van der Waals surface area (Å²) in [6, 6.07) is 3.43. The predicted octanol–water partition coefficient (Wildman–Crippen LogP) is 1.20. The van der Waals surface area contributed by atoms with Gasteiger partial charge in [0, 0.05) is 17.1 Å². The molecule has 0 aromatic carbocycles. The summed E-state index contributed by atoms with van der Waals surface area (Å²) in [5.41, 5.74) is 1.27. The molecular weight excluding hydrogens is 318 g/mol. The normalized spacial score (nSPS) is 13.4. The molecule has 0 bridgehead atoms. The molecule has 0 saturated carbocycles. The molecule has 0 fully saturated rings. The highest BCUT2D eigenvalue weighted by Crippen LogP contribution is 2.27. The van der Waals surface area contributed by atoms with Crippen molar-refractivity contribution in [2.75, 3.05) is 4.90 Å². The van der Waals surface area contributed by atoms with E-state index in [1.165, 1.54) is 18.3 Å². The van der Waals surface area contributed by atoms with E-state index < -0.39 is 17.9 Å². The molecule has 0 aliphatic carbocycles. The summed E-state index contributed by atoms with van der Waals surface area (Å²) in [6.07, 6.45) is 1.10. The Balaban J connectivity index is 2.25. The van der Waals surface area contributed by atoms with Gasteiger partial charge >= 0.3 is 0 Å². The van der Waals surface area contributed by atoms with Crippen LogP contribution in [-0.4, -0.2) is 38.6 Å². The monoisotopic (exact) mass is 335 g/mol. The zero-order valence-electron chi connectivity index (χ0n) is 12.7. The van der Waals surface area contributed by atoms with Gasteiger partial charge in [-0.15, -0.1) is 11.3 Å². The largest absolute Gasteiger partial charge is 0.393 e. The molecular formula is C15H17N3O4S. The molecule has 2 unspecified atom stereocenters. The van der Waals surface area contributed by atoms with Crippen molar-refractivity contribution in [3.05, 3.63) is 29.4 Å². The fraction of sp³-hybridized carbons (Fsp3) is 0.333. The number of nitrogens with zero attached hydrogens (tertiary/aromatic N) is 3. The van der Waals surface area contributed by atoms with Gasteiger partial charge in [0.1, 0.15) is 5.01 Å². The van der Waals surface area contributed by atoms with Gasteiger partial charge in [-0.25, -0.2) is 9.88 Å². The minimum absolute atomic E-state index is 0.145. The van der Waals surface area contributed by atoms with Gasteiger partial charge in [-0.2, -0.15) is 0 Å². The number of carbonyl (C=O) groups is 2. The zero-order valence-corrected chi connectivity index (χ0v) is 13.5. The Morgan fingerprint density at radius 1 is 1.43 bits per heavy atom. The van der Waals surface area contributed by atoms with Gasteiger partial charge in [0.2, 0.25) is 12.3 Å². The maximum Gasteiger partial charge on any atom is 0.240 e. The van der Waals surface area contributed by atoms with E-state index in [4.69, 9.17) is 5.11 Å². The van der Waals surface area contributed by atoms with Gasteiger partial charge < -0.3 is 10.2 Å². The molecule has 0 saturated heterocycles. The van der Waals surface area contributed by atoms with Crippen LogP contribution in [0.25, 0.3) is 10.6 Å². The van der Waals surface area contributed by atoms with E-state index in [9.17, 15) is 14.7 Å². The van der Waals surface area contributed by atoms with E-state index in [1.54, 1.807) is 30.6 Å². The van der Waals surface area contributed by atoms with Crippen molar-refractivity contribution >= 4 is 29.5 Å². The summed E-state index contributed by atoms with van der Waals surface area (Å²) < 4.78 is 0. The lowest BCUT2D eigenvalue weighted by Gasteiger charge is -2.19. The fourth-order valence-corrected chi connectivity index (χ4v) is 2.58. The van der Waals surface area contributed by atoms with Gasteiger partial charge in [0.25, 0.3) is 0 Å². The van der Waals surface area contributed by atoms with E-state index in [1.807, 2.05) is 0 Å². The first kappa shape index (κ1) is 17.2. The topological polar surface area (TPSA) is 104 Å². The first-order valence-corrected chi connectivity index (χ1v) is 7.84. The van der Waals surface area contributed by atoms with Crippen LogP contribution in [-0.2, 0) is 16.2 Å². The Morgan fingerprint density at radius 3 is 2.70 bits per heavy atom. The molecule has 2 atom stereocenters. The number of pyridine rings is 1. The van der Waals surface area contributed by atoms with Crippen LogP contribution in [0.15, 0.2) is 23.7 Å². The summed E-state index contributed by atoms with van der Waals surface area (Å²) in [7, 11) is 0.